The lowest BCUT2D eigenvalue weighted by atomic mass is 10.0. The monoisotopic (exact) mass is 383 g/mol. The van der Waals surface area contributed by atoms with E-state index in [1.54, 1.807) is 12.2 Å². The molecule has 5 nitrogen and oxygen atoms in total. The zero-order valence-corrected chi connectivity index (χ0v) is 16.9. The number of nitrogens with zero attached hydrogens (tertiary/aromatic N) is 1. The van der Waals surface area contributed by atoms with Gasteiger partial charge in [0.15, 0.2) is 11.6 Å². The number of rotatable bonds is 8. The number of hydrogen-bond acceptors (Lipinski definition) is 6. The van der Waals surface area contributed by atoms with E-state index in [-0.39, 0.29) is 17.6 Å². The molecular weight excluding hydrogens is 358 g/mol. The summed E-state index contributed by atoms with van der Waals surface area (Å²) in [5, 5.41) is 2.54. The second-order valence-corrected chi connectivity index (χ2v) is 7.05. The lowest BCUT2D eigenvalue weighted by molar-refractivity contribution is -0.113. The Hall–Kier alpha value is -2.57. The topological polar surface area (TPSA) is 71.1 Å². The van der Waals surface area contributed by atoms with Crippen LogP contribution in [0.5, 0.6) is 0 Å². The van der Waals surface area contributed by atoms with E-state index < -0.39 is 0 Å². The fourth-order valence-corrected chi connectivity index (χ4v) is 3.62. The minimum absolute atomic E-state index is 0.0653. The van der Waals surface area contributed by atoms with Gasteiger partial charge in [-0.2, -0.15) is 0 Å². The number of aromatic nitrogens is 1. The van der Waals surface area contributed by atoms with Gasteiger partial charge in [0.1, 0.15) is 5.01 Å². The quantitative estimate of drug-likeness (QED) is 0.520. The number of nitrogens with one attached hydrogen (secondary N) is 2. The summed E-state index contributed by atoms with van der Waals surface area (Å²) in [5.41, 5.74) is 10.2. The van der Waals surface area contributed by atoms with Crippen LogP contribution in [0.1, 0.15) is 50.9 Å². The first-order valence-corrected chi connectivity index (χ1v) is 9.67. The molecule has 0 saturated heterocycles. The van der Waals surface area contributed by atoms with Gasteiger partial charge in [0.05, 0.1) is 17.3 Å². The van der Waals surface area contributed by atoms with Gasteiger partial charge >= 0.3 is 0 Å². The molecular formula is C21H25N3O2S. The molecule has 0 amide bonds. The first-order valence-electron chi connectivity index (χ1n) is 8.79. The Bertz CT molecular complexity index is 872. The van der Waals surface area contributed by atoms with Crippen molar-refractivity contribution >= 4 is 28.5 Å². The standard InChI is InChI=1S/C21H25N3O2S/c1-6-8-10-17-13(3)23-24-20(17)19-12-27-21(22-19)18(15(5)26)11-16(9-7-2)14(4)25/h6,8-12,20,23-24H,1,7H2,2-5H3/b10-8-,16-9+,18-11+. The maximum absolute atomic E-state index is 12.2. The first-order chi connectivity index (χ1) is 12.9. The number of hydrazine groups is 1. The van der Waals surface area contributed by atoms with Crippen molar-refractivity contribution in [3.63, 3.8) is 0 Å². The van der Waals surface area contributed by atoms with Crippen LogP contribution in [0.25, 0.3) is 5.57 Å². The average molecular weight is 384 g/mol. The Morgan fingerprint density at radius 2 is 2.07 bits per heavy atom. The fraction of sp³-hybridized carbons (Fsp3) is 0.286. The first kappa shape index (κ1) is 20.7. The van der Waals surface area contributed by atoms with Gasteiger partial charge in [-0.15, -0.1) is 11.3 Å². The zero-order valence-electron chi connectivity index (χ0n) is 16.1. The lowest BCUT2D eigenvalue weighted by Crippen LogP contribution is -2.26. The Balaban J connectivity index is 2.41. The molecule has 0 spiro atoms. The number of Topliss-reactive ketones (excluding diaryl/α,β-unsaturated/α-hetero) is 2. The van der Waals surface area contributed by atoms with Crippen molar-refractivity contribution < 1.29 is 9.59 Å². The van der Waals surface area contributed by atoms with Crippen molar-refractivity contribution in [2.45, 2.75) is 40.2 Å². The number of carbonyl (C=O) groups excluding carboxylic acids is 2. The van der Waals surface area contributed by atoms with E-state index in [0.29, 0.717) is 16.2 Å². The summed E-state index contributed by atoms with van der Waals surface area (Å²) < 4.78 is 0. The van der Waals surface area contributed by atoms with E-state index in [2.05, 4.69) is 22.4 Å². The van der Waals surface area contributed by atoms with Crippen LogP contribution in [-0.2, 0) is 9.59 Å². The molecule has 2 rings (SSSR count). The van der Waals surface area contributed by atoms with E-state index in [1.165, 1.54) is 25.2 Å². The molecule has 1 atom stereocenters. The van der Waals surface area contributed by atoms with Gasteiger partial charge in [-0.25, -0.2) is 10.4 Å². The van der Waals surface area contributed by atoms with Gasteiger partial charge in [-0.1, -0.05) is 37.8 Å². The summed E-state index contributed by atoms with van der Waals surface area (Å²) in [6.07, 6.45) is 9.79. The molecule has 1 aromatic rings. The van der Waals surface area contributed by atoms with Gasteiger partial charge in [0.2, 0.25) is 0 Å². The molecule has 1 aliphatic rings. The lowest BCUT2D eigenvalue weighted by Gasteiger charge is -2.09. The molecule has 27 heavy (non-hydrogen) atoms. The predicted molar refractivity (Wildman–Crippen MR) is 111 cm³/mol. The highest BCUT2D eigenvalue weighted by molar-refractivity contribution is 7.11. The third-order valence-electron chi connectivity index (χ3n) is 4.12. The van der Waals surface area contributed by atoms with Crippen LogP contribution < -0.4 is 10.9 Å². The number of hydrogen-bond donors (Lipinski definition) is 2. The second-order valence-electron chi connectivity index (χ2n) is 6.19. The molecule has 1 aromatic heterocycles. The molecule has 2 N–H and O–H groups in total. The number of allylic oxidation sites excluding steroid dienone is 7. The van der Waals surface area contributed by atoms with Crippen LogP contribution in [0.4, 0.5) is 0 Å². The highest BCUT2D eigenvalue weighted by Gasteiger charge is 2.25. The maximum Gasteiger partial charge on any atom is 0.162 e. The molecule has 0 bridgehead atoms. The summed E-state index contributed by atoms with van der Waals surface area (Å²) in [6, 6.07) is -0.113. The molecule has 0 saturated carbocycles. The summed E-state index contributed by atoms with van der Waals surface area (Å²) in [6.45, 7) is 10.6. The van der Waals surface area contributed by atoms with Crippen LogP contribution in [0, 0.1) is 0 Å². The van der Waals surface area contributed by atoms with Gasteiger partial charge in [-0.3, -0.25) is 9.59 Å². The molecule has 0 aliphatic carbocycles. The van der Waals surface area contributed by atoms with E-state index >= 15 is 0 Å². The number of carbonyl (C=O) groups is 2. The summed E-state index contributed by atoms with van der Waals surface area (Å²) in [4.78, 5) is 28.7. The molecule has 0 fully saturated rings. The summed E-state index contributed by atoms with van der Waals surface area (Å²) in [7, 11) is 0. The normalized spacial score (nSPS) is 18.1. The van der Waals surface area contributed by atoms with E-state index in [1.807, 2.05) is 37.5 Å². The average Bonchev–Trinajstić information content (AvgIpc) is 3.23. The molecule has 1 aliphatic heterocycles. The molecule has 6 heteroatoms. The van der Waals surface area contributed by atoms with Crippen molar-refractivity contribution in [1.29, 1.82) is 0 Å². The van der Waals surface area contributed by atoms with Crippen molar-refractivity contribution in [3.05, 3.63) is 69.9 Å². The Kier molecular flexibility index (Phi) is 7.21. The van der Waals surface area contributed by atoms with Gasteiger partial charge in [0, 0.05) is 16.7 Å². The second kappa shape index (κ2) is 9.39. The summed E-state index contributed by atoms with van der Waals surface area (Å²) >= 11 is 1.40. The third-order valence-corrected chi connectivity index (χ3v) is 5.01. The highest BCUT2D eigenvalue weighted by Crippen LogP contribution is 2.31. The minimum atomic E-state index is -0.116. The van der Waals surface area contributed by atoms with Gasteiger partial charge < -0.3 is 5.43 Å². The molecule has 142 valence electrons. The molecule has 2 heterocycles. The van der Waals surface area contributed by atoms with Crippen LogP contribution in [0.15, 0.2) is 59.2 Å². The van der Waals surface area contributed by atoms with Crippen LogP contribution >= 0.6 is 11.3 Å². The van der Waals surface area contributed by atoms with Crippen molar-refractivity contribution in [3.8, 4) is 0 Å². The maximum atomic E-state index is 12.2. The van der Waals surface area contributed by atoms with Crippen LogP contribution in [-0.4, -0.2) is 16.6 Å². The summed E-state index contributed by atoms with van der Waals surface area (Å²) in [5.74, 6) is -0.181. The van der Waals surface area contributed by atoms with Crippen LogP contribution in [0.2, 0.25) is 0 Å². The fourth-order valence-electron chi connectivity index (χ4n) is 2.71. The third kappa shape index (κ3) is 4.99. The Morgan fingerprint density at radius 3 is 2.67 bits per heavy atom. The Morgan fingerprint density at radius 1 is 1.33 bits per heavy atom. The highest BCUT2D eigenvalue weighted by atomic mass is 32.1. The van der Waals surface area contributed by atoms with Gasteiger partial charge in [0.25, 0.3) is 0 Å². The van der Waals surface area contributed by atoms with Crippen molar-refractivity contribution in [1.82, 2.24) is 15.8 Å². The van der Waals surface area contributed by atoms with E-state index in [4.69, 9.17) is 0 Å². The van der Waals surface area contributed by atoms with Crippen molar-refractivity contribution in [2.75, 3.05) is 0 Å². The minimum Gasteiger partial charge on any atom is -0.325 e. The van der Waals surface area contributed by atoms with Crippen LogP contribution in [0.3, 0.4) is 0 Å². The van der Waals surface area contributed by atoms with E-state index in [9.17, 15) is 9.59 Å². The van der Waals surface area contributed by atoms with Crippen molar-refractivity contribution in [2.24, 2.45) is 0 Å². The number of ketones is 2. The molecule has 0 radical (unpaired) electrons. The van der Waals surface area contributed by atoms with Gasteiger partial charge in [-0.05, 0) is 38.8 Å². The Labute approximate surface area is 164 Å². The SMILES string of the molecule is C=C/C=C\C1=C(C)NNC1c1csc(/C(=C/C(=C\CC)C(C)=O)C(C)=O)n1. The largest absolute Gasteiger partial charge is 0.325 e. The smallest absolute Gasteiger partial charge is 0.162 e. The van der Waals surface area contributed by atoms with E-state index in [0.717, 1.165) is 23.4 Å². The number of thiazole rings is 1. The zero-order chi connectivity index (χ0) is 20.0. The predicted octanol–water partition coefficient (Wildman–Crippen LogP) is 4.21. The molecule has 1 unspecified atom stereocenters. The molecule has 0 aromatic carbocycles.